The molecule has 1 heterocycles. The Bertz CT molecular complexity index is 773. The summed E-state index contributed by atoms with van der Waals surface area (Å²) in [6.45, 7) is 2.08. The smallest absolute Gasteiger partial charge is 0.0998 e. The Kier molecular flexibility index (Phi) is 1.96. The van der Waals surface area contributed by atoms with Gasteiger partial charge in [-0.05, 0) is 31.2 Å². The number of hydrogen-bond donors (Lipinski definition) is 0. The van der Waals surface area contributed by atoms with Crippen LogP contribution in [0.2, 0.25) is 0 Å². The summed E-state index contributed by atoms with van der Waals surface area (Å²) < 4.78 is 2.14. The number of aryl methyl sites for hydroxylation is 2. The average Bonchev–Trinajstić information content (AvgIpc) is 2.63. The summed E-state index contributed by atoms with van der Waals surface area (Å²) in [7, 11) is 2.04. The number of nitrogens with zero attached hydrogens (tertiary/aromatic N) is 2. The highest BCUT2D eigenvalue weighted by atomic mass is 14.9. The van der Waals surface area contributed by atoms with Gasteiger partial charge in [0, 0.05) is 23.3 Å². The van der Waals surface area contributed by atoms with E-state index in [0.717, 1.165) is 16.5 Å². The molecule has 0 spiro atoms. The largest absolute Gasteiger partial charge is 0.344 e. The van der Waals surface area contributed by atoms with E-state index < -0.39 is 0 Å². The monoisotopic (exact) mass is 220 g/mol. The van der Waals surface area contributed by atoms with Crippen LogP contribution in [0.25, 0.3) is 21.8 Å². The molecule has 2 heteroatoms. The first-order valence-corrected chi connectivity index (χ1v) is 5.60. The van der Waals surface area contributed by atoms with E-state index in [-0.39, 0.29) is 0 Å². The summed E-state index contributed by atoms with van der Waals surface area (Å²) in [5.41, 5.74) is 4.26. The van der Waals surface area contributed by atoms with Gasteiger partial charge in [-0.3, -0.25) is 0 Å². The molecule has 0 aliphatic heterocycles. The molecule has 0 atom stereocenters. The lowest BCUT2D eigenvalue weighted by molar-refractivity contribution is 1.01. The second kappa shape index (κ2) is 3.36. The molecule has 0 aliphatic rings. The lowest BCUT2D eigenvalue weighted by atomic mass is 10.1. The van der Waals surface area contributed by atoms with Gasteiger partial charge >= 0.3 is 0 Å². The summed E-state index contributed by atoms with van der Waals surface area (Å²) in [4.78, 5) is 0. The molecule has 3 aromatic rings. The zero-order valence-corrected chi connectivity index (χ0v) is 9.86. The van der Waals surface area contributed by atoms with E-state index in [0.29, 0.717) is 0 Å². The fraction of sp³-hybridized carbons (Fsp3) is 0.133. The number of hydrogen-bond acceptors (Lipinski definition) is 1. The quantitative estimate of drug-likeness (QED) is 0.570. The molecule has 0 radical (unpaired) electrons. The van der Waals surface area contributed by atoms with Crippen molar-refractivity contribution in [3.8, 4) is 6.07 Å². The van der Waals surface area contributed by atoms with Crippen LogP contribution in [0.3, 0.4) is 0 Å². The van der Waals surface area contributed by atoms with Crippen molar-refractivity contribution in [2.24, 2.45) is 7.05 Å². The number of fused-ring (bicyclic) bond motifs is 3. The van der Waals surface area contributed by atoms with Crippen LogP contribution in [0.5, 0.6) is 0 Å². The maximum absolute atomic E-state index is 9.21. The van der Waals surface area contributed by atoms with Gasteiger partial charge in [-0.25, -0.2) is 0 Å². The van der Waals surface area contributed by atoms with E-state index in [4.69, 9.17) is 0 Å². The minimum Gasteiger partial charge on any atom is -0.344 e. The second-order valence-corrected chi connectivity index (χ2v) is 4.39. The number of benzene rings is 2. The minimum absolute atomic E-state index is 0.749. The van der Waals surface area contributed by atoms with E-state index in [1.807, 2.05) is 19.2 Å². The lowest BCUT2D eigenvalue weighted by Crippen LogP contribution is -1.86. The zero-order valence-electron chi connectivity index (χ0n) is 9.86. The van der Waals surface area contributed by atoms with Crippen LogP contribution in [-0.2, 0) is 7.05 Å². The predicted octanol–water partition coefficient (Wildman–Crippen LogP) is 3.51. The topological polar surface area (TPSA) is 28.7 Å². The third-order valence-corrected chi connectivity index (χ3v) is 3.31. The molecule has 0 aliphatic carbocycles. The first-order chi connectivity index (χ1) is 8.22. The van der Waals surface area contributed by atoms with Crippen molar-refractivity contribution in [3.63, 3.8) is 0 Å². The molecule has 82 valence electrons. The number of nitriles is 1. The maximum atomic E-state index is 9.21. The van der Waals surface area contributed by atoms with Crippen molar-refractivity contribution in [2.45, 2.75) is 6.92 Å². The Morgan fingerprint density at radius 3 is 2.71 bits per heavy atom. The van der Waals surface area contributed by atoms with Crippen LogP contribution < -0.4 is 0 Å². The Hall–Kier alpha value is -2.27. The van der Waals surface area contributed by atoms with Crippen LogP contribution in [0, 0.1) is 18.3 Å². The number of rotatable bonds is 0. The summed E-state index contributed by atoms with van der Waals surface area (Å²) in [6, 6.07) is 14.5. The van der Waals surface area contributed by atoms with Gasteiger partial charge in [0.1, 0.15) is 0 Å². The van der Waals surface area contributed by atoms with Gasteiger partial charge in [0.05, 0.1) is 17.1 Å². The van der Waals surface area contributed by atoms with Crippen LogP contribution in [0.1, 0.15) is 11.1 Å². The van der Waals surface area contributed by atoms with Crippen molar-refractivity contribution >= 4 is 21.8 Å². The first kappa shape index (κ1) is 9.92. The molecular weight excluding hydrogens is 208 g/mol. The van der Waals surface area contributed by atoms with Crippen molar-refractivity contribution in [1.82, 2.24) is 4.57 Å². The van der Waals surface area contributed by atoms with Crippen LogP contribution in [0.15, 0.2) is 36.4 Å². The van der Waals surface area contributed by atoms with E-state index in [2.05, 4.69) is 41.8 Å². The standard InChI is InChI=1S/C15H12N2/c1-10-6-7-13-12(8-10)15-11(9-16)4-3-5-14(15)17(13)2/h3-8H,1-2H3. The summed E-state index contributed by atoms with van der Waals surface area (Å²) in [6.07, 6.45) is 0. The molecule has 3 rings (SSSR count). The highest BCUT2D eigenvalue weighted by Gasteiger charge is 2.11. The van der Waals surface area contributed by atoms with Gasteiger partial charge < -0.3 is 4.57 Å². The minimum atomic E-state index is 0.749. The second-order valence-electron chi connectivity index (χ2n) is 4.39. The molecule has 0 saturated heterocycles. The summed E-state index contributed by atoms with van der Waals surface area (Å²) in [5, 5.41) is 11.4. The highest BCUT2D eigenvalue weighted by molar-refractivity contribution is 6.10. The van der Waals surface area contributed by atoms with Crippen LogP contribution in [-0.4, -0.2) is 4.57 Å². The molecule has 1 aromatic heterocycles. The van der Waals surface area contributed by atoms with Crippen LogP contribution in [0.4, 0.5) is 0 Å². The van der Waals surface area contributed by atoms with Gasteiger partial charge in [-0.2, -0.15) is 5.26 Å². The Labute approximate surface area is 99.7 Å². The molecule has 0 N–H and O–H groups in total. The van der Waals surface area contributed by atoms with Crippen molar-refractivity contribution in [1.29, 1.82) is 5.26 Å². The molecule has 2 aromatic carbocycles. The molecule has 0 unspecified atom stereocenters. The van der Waals surface area contributed by atoms with E-state index >= 15 is 0 Å². The van der Waals surface area contributed by atoms with E-state index in [9.17, 15) is 5.26 Å². The molecule has 0 fully saturated rings. The third-order valence-electron chi connectivity index (χ3n) is 3.31. The Morgan fingerprint density at radius 2 is 1.94 bits per heavy atom. The fourth-order valence-corrected chi connectivity index (χ4v) is 2.47. The van der Waals surface area contributed by atoms with E-state index in [1.54, 1.807) is 0 Å². The molecular formula is C15H12N2. The highest BCUT2D eigenvalue weighted by Crippen LogP contribution is 2.30. The van der Waals surface area contributed by atoms with Gasteiger partial charge in [-0.15, -0.1) is 0 Å². The summed E-state index contributed by atoms with van der Waals surface area (Å²) >= 11 is 0. The van der Waals surface area contributed by atoms with Crippen molar-refractivity contribution < 1.29 is 0 Å². The van der Waals surface area contributed by atoms with E-state index in [1.165, 1.54) is 16.5 Å². The predicted molar refractivity (Wildman–Crippen MR) is 69.9 cm³/mol. The molecule has 0 bridgehead atoms. The third kappa shape index (κ3) is 1.26. The first-order valence-electron chi connectivity index (χ1n) is 5.60. The Balaban J connectivity index is 2.66. The molecule has 0 amide bonds. The summed E-state index contributed by atoms with van der Waals surface area (Å²) in [5.74, 6) is 0. The molecule has 17 heavy (non-hydrogen) atoms. The van der Waals surface area contributed by atoms with Crippen molar-refractivity contribution in [2.75, 3.05) is 0 Å². The van der Waals surface area contributed by atoms with Crippen molar-refractivity contribution in [3.05, 3.63) is 47.5 Å². The number of aromatic nitrogens is 1. The average molecular weight is 220 g/mol. The zero-order chi connectivity index (χ0) is 12.0. The molecule has 0 saturated carbocycles. The van der Waals surface area contributed by atoms with Crippen LogP contribution >= 0.6 is 0 Å². The molecule has 2 nitrogen and oxygen atoms in total. The maximum Gasteiger partial charge on any atom is 0.0998 e. The SMILES string of the molecule is Cc1ccc2c(c1)c1c(C#N)cccc1n2C. The van der Waals surface area contributed by atoms with Gasteiger partial charge in [0.25, 0.3) is 0 Å². The lowest BCUT2D eigenvalue weighted by Gasteiger charge is -1.97. The fourth-order valence-electron chi connectivity index (χ4n) is 2.47. The van der Waals surface area contributed by atoms with Gasteiger partial charge in [0.2, 0.25) is 0 Å². The normalized spacial score (nSPS) is 10.9. The van der Waals surface area contributed by atoms with Gasteiger partial charge in [-0.1, -0.05) is 17.7 Å². The Morgan fingerprint density at radius 1 is 1.12 bits per heavy atom. The van der Waals surface area contributed by atoms with Gasteiger partial charge in [0.15, 0.2) is 0 Å².